The van der Waals surface area contributed by atoms with Crippen LogP contribution in [0.3, 0.4) is 0 Å². The number of unbranched alkanes of at least 4 members (excludes halogenated alkanes) is 5. The lowest BCUT2D eigenvalue weighted by molar-refractivity contribution is -0.244. The summed E-state index contributed by atoms with van der Waals surface area (Å²) in [6.07, 6.45) is 12.5. The largest absolute Gasteiger partial charge is 0.353 e. The average molecular weight is 305 g/mol. The van der Waals surface area contributed by atoms with Crippen LogP contribution in [-0.2, 0) is 9.47 Å². The fourth-order valence-electron chi connectivity index (χ4n) is 3.09. The molecule has 0 spiro atoms. The highest BCUT2D eigenvalue weighted by Crippen LogP contribution is 2.34. The Morgan fingerprint density at radius 2 is 1.40 bits per heavy atom. The third kappa shape index (κ3) is 7.33. The van der Waals surface area contributed by atoms with Crippen LogP contribution in [0.25, 0.3) is 0 Å². The Morgan fingerprint density at radius 1 is 0.850 bits per heavy atom. The highest BCUT2D eigenvalue weighted by molar-refractivity contribution is 7.80. The first-order valence-corrected chi connectivity index (χ1v) is 9.05. The van der Waals surface area contributed by atoms with E-state index in [1.54, 1.807) is 14.2 Å². The van der Waals surface area contributed by atoms with Crippen molar-refractivity contribution in [3.8, 4) is 0 Å². The Balaban J connectivity index is 4.25. The van der Waals surface area contributed by atoms with Gasteiger partial charge in [-0.05, 0) is 31.4 Å². The molecule has 3 heteroatoms. The van der Waals surface area contributed by atoms with E-state index in [1.807, 2.05) is 0 Å². The van der Waals surface area contributed by atoms with Gasteiger partial charge in [0.05, 0.1) is 0 Å². The first-order valence-electron chi connectivity index (χ1n) is 8.41. The molecule has 0 rings (SSSR count). The molecule has 20 heavy (non-hydrogen) atoms. The lowest BCUT2D eigenvalue weighted by atomic mass is 9.86. The van der Waals surface area contributed by atoms with Gasteiger partial charge in [-0.3, -0.25) is 0 Å². The summed E-state index contributed by atoms with van der Waals surface area (Å²) in [4.78, 5) is 0. The van der Waals surface area contributed by atoms with Gasteiger partial charge in [-0.15, -0.1) is 0 Å². The van der Waals surface area contributed by atoms with Crippen LogP contribution in [0.4, 0.5) is 0 Å². The topological polar surface area (TPSA) is 18.5 Å². The van der Waals surface area contributed by atoms with Crippen molar-refractivity contribution < 1.29 is 9.47 Å². The maximum atomic E-state index is 5.74. The molecule has 0 radical (unpaired) electrons. The Labute approximate surface area is 132 Å². The normalized spacial score (nSPS) is 13.7. The van der Waals surface area contributed by atoms with Crippen molar-refractivity contribution in [3.05, 3.63) is 0 Å². The lowest BCUT2D eigenvalue weighted by Gasteiger charge is -2.38. The van der Waals surface area contributed by atoms with Gasteiger partial charge in [0.1, 0.15) is 0 Å². The summed E-state index contributed by atoms with van der Waals surface area (Å²) >= 11 is 4.35. The highest BCUT2D eigenvalue weighted by atomic mass is 32.1. The number of methoxy groups -OCH3 is 2. The van der Waals surface area contributed by atoms with Gasteiger partial charge in [-0.2, -0.15) is 12.6 Å². The van der Waals surface area contributed by atoms with Crippen LogP contribution >= 0.6 is 12.6 Å². The van der Waals surface area contributed by atoms with Crippen molar-refractivity contribution in [2.75, 3.05) is 20.0 Å². The minimum absolute atomic E-state index is 0.396. The molecule has 122 valence electrons. The molecule has 0 aliphatic carbocycles. The quantitative estimate of drug-likeness (QED) is 0.261. The summed E-state index contributed by atoms with van der Waals surface area (Å²) in [5, 5.41) is 0. The first kappa shape index (κ1) is 20.3. The van der Waals surface area contributed by atoms with Gasteiger partial charge in [-0.25, -0.2) is 0 Å². The van der Waals surface area contributed by atoms with E-state index in [0.29, 0.717) is 5.92 Å². The molecule has 0 heterocycles. The van der Waals surface area contributed by atoms with Crippen LogP contribution < -0.4 is 0 Å². The molecule has 0 N–H and O–H groups in total. The molecular formula is C17H36O2S. The Kier molecular flexibility index (Phi) is 13.1. The molecule has 0 aromatic heterocycles. The summed E-state index contributed by atoms with van der Waals surface area (Å²) < 4.78 is 11.5. The van der Waals surface area contributed by atoms with Crippen molar-refractivity contribution >= 4 is 12.6 Å². The van der Waals surface area contributed by atoms with Gasteiger partial charge >= 0.3 is 0 Å². The van der Waals surface area contributed by atoms with Gasteiger partial charge in [-0.1, -0.05) is 52.4 Å². The third-order valence-corrected chi connectivity index (χ3v) is 4.74. The molecular weight excluding hydrogens is 268 g/mol. The van der Waals surface area contributed by atoms with Crippen LogP contribution in [0.5, 0.6) is 0 Å². The molecule has 0 bridgehead atoms. The fourth-order valence-corrected chi connectivity index (χ4v) is 3.27. The molecule has 0 aliphatic heterocycles. The number of rotatable bonds is 14. The predicted molar refractivity (Wildman–Crippen MR) is 91.6 cm³/mol. The zero-order chi connectivity index (χ0) is 15.3. The van der Waals surface area contributed by atoms with Crippen molar-refractivity contribution in [2.45, 2.75) is 83.8 Å². The molecule has 0 aromatic carbocycles. The van der Waals surface area contributed by atoms with Gasteiger partial charge in [0.15, 0.2) is 5.79 Å². The van der Waals surface area contributed by atoms with E-state index in [0.717, 1.165) is 25.0 Å². The Hall–Kier alpha value is 0.270. The summed E-state index contributed by atoms with van der Waals surface area (Å²) in [7, 11) is 3.56. The number of hydrogen-bond acceptors (Lipinski definition) is 3. The molecule has 0 aliphatic rings. The summed E-state index contributed by atoms with van der Waals surface area (Å²) in [5.74, 6) is 1.04. The van der Waals surface area contributed by atoms with Crippen LogP contribution in [0, 0.1) is 5.92 Å². The SMILES string of the molecule is CCCCCCCCC(CCCS)C(CC)(OC)OC. The van der Waals surface area contributed by atoms with E-state index >= 15 is 0 Å². The smallest absolute Gasteiger partial charge is 0.170 e. The molecule has 1 atom stereocenters. The standard InChI is InChI=1S/C17H36O2S/c1-5-7-8-9-10-11-13-16(14-12-15-20)17(6-2,18-3)19-4/h16,20H,5-15H2,1-4H3. The van der Waals surface area contributed by atoms with Crippen LogP contribution in [0.1, 0.15) is 78.1 Å². The van der Waals surface area contributed by atoms with Crippen molar-refractivity contribution in [2.24, 2.45) is 5.92 Å². The van der Waals surface area contributed by atoms with E-state index in [-0.39, 0.29) is 0 Å². The molecule has 2 nitrogen and oxygen atoms in total. The molecule has 0 amide bonds. The third-order valence-electron chi connectivity index (χ3n) is 4.42. The molecule has 0 saturated heterocycles. The number of hydrogen-bond donors (Lipinski definition) is 1. The highest BCUT2D eigenvalue weighted by Gasteiger charge is 2.36. The molecule has 0 saturated carbocycles. The second-order valence-corrected chi connectivity index (χ2v) is 6.14. The minimum atomic E-state index is -0.396. The van der Waals surface area contributed by atoms with E-state index in [2.05, 4.69) is 26.5 Å². The van der Waals surface area contributed by atoms with Crippen LogP contribution in [0.2, 0.25) is 0 Å². The summed E-state index contributed by atoms with van der Waals surface area (Å²) in [6.45, 7) is 4.42. The first-order chi connectivity index (χ1) is 9.70. The van der Waals surface area contributed by atoms with Crippen LogP contribution in [-0.4, -0.2) is 25.8 Å². The Bertz CT molecular complexity index is 197. The maximum Gasteiger partial charge on any atom is 0.170 e. The predicted octanol–water partition coefficient (Wildman–Crippen LogP) is 5.46. The lowest BCUT2D eigenvalue weighted by Crippen LogP contribution is -2.41. The fraction of sp³-hybridized carbons (Fsp3) is 1.00. The molecule has 1 unspecified atom stereocenters. The van der Waals surface area contributed by atoms with E-state index in [1.165, 1.54) is 44.9 Å². The second kappa shape index (κ2) is 13.0. The van der Waals surface area contributed by atoms with Gasteiger partial charge < -0.3 is 9.47 Å². The van der Waals surface area contributed by atoms with E-state index in [4.69, 9.17) is 9.47 Å². The van der Waals surface area contributed by atoms with Gasteiger partial charge in [0.2, 0.25) is 0 Å². The monoisotopic (exact) mass is 304 g/mol. The number of thiol groups is 1. The number of ether oxygens (including phenoxy) is 2. The minimum Gasteiger partial charge on any atom is -0.353 e. The average Bonchev–Trinajstić information content (AvgIpc) is 2.49. The van der Waals surface area contributed by atoms with Gasteiger partial charge in [0.25, 0.3) is 0 Å². The van der Waals surface area contributed by atoms with Gasteiger partial charge in [0, 0.05) is 20.1 Å². The van der Waals surface area contributed by atoms with Crippen LogP contribution in [0.15, 0.2) is 0 Å². The maximum absolute atomic E-state index is 5.74. The summed E-state index contributed by atoms with van der Waals surface area (Å²) in [6, 6.07) is 0. The van der Waals surface area contributed by atoms with E-state index in [9.17, 15) is 0 Å². The van der Waals surface area contributed by atoms with Crippen molar-refractivity contribution in [1.82, 2.24) is 0 Å². The van der Waals surface area contributed by atoms with Crippen molar-refractivity contribution in [1.29, 1.82) is 0 Å². The summed E-state index contributed by atoms with van der Waals surface area (Å²) in [5.41, 5.74) is 0. The molecule has 0 aromatic rings. The Morgan fingerprint density at radius 3 is 1.90 bits per heavy atom. The zero-order valence-electron chi connectivity index (χ0n) is 14.1. The molecule has 0 fully saturated rings. The van der Waals surface area contributed by atoms with Crippen molar-refractivity contribution in [3.63, 3.8) is 0 Å². The second-order valence-electron chi connectivity index (χ2n) is 5.69. The van der Waals surface area contributed by atoms with E-state index < -0.39 is 5.79 Å². The zero-order valence-corrected chi connectivity index (χ0v) is 15.0.